The van der Waals surface area contributed by atoms with Crippen molar-refractivity contribution >= 4 is 12.6 Å². The van der Waals surface area contributed by atoms with Crippen molar-refractivity contribution in [3.63, 3.8) is 0 Å². The van der Waals surface area contributed by atoms with Gasteiger partial charge in [-0.15, -0.1) is 0 Å². The fourth-order valence-electron chi connectivity index (χ4n) is 1.30. The van der Waals surface area contributed by atoms with E-state index in [9.17, 15) is 0 Å². The van der Waals surface area contributed by atoms with Gasteiger partial charge >= 0.3 is 7.12 Å². The molecule has 21 heavy (non-hydrogen) atoms. The molecule has 0 aromatic heterocycles. The van der Waals surface area contributed by atoms with Gasteiger partial charge in [-0.05, 0) is 5.46 Å². The van der Waals surface area contributed by atoms with E-state index in [-0.39, 0.29) is 0 Å². The van der Waals surface area contributed by atoms with Crippen molar-refractivity contribution in [3.8, 4) is 0 Å². The predicted molar refractivity (Wildman–Crippen MR) is 74.5 cm³/mol. The van der Waals surface area contributed by atoms with Crippen LogP contribution in [0.2, 0.25) is 0 Å². The largest absolute Gasteiger partial charge is 0.488 e. The molecule has 0 spiro atoms. The lowest BCUT2D eigenvalue weighted by molar-refractivity contribution is -0.123. The molecule has 1 aromatic carbocycles. The molecule has 4 atom stereocenters. The van der Waals surface area contributed by atoms with Crippen LogP contribution in [0.1, 0.15) is 0 Å². The number of benzene rings is 1. The van der Waals surface area contributed by atoms with E-state index in [0.717, 1.165) is 0 Å². The van der Waals surface area contributed by atoms with Crippen molar-refractivity contribution in [2.45, 2.75) is 24.4 Å². The molecule has 0 saturated carbocycles. The van der Waals surface area contributed by atoms with E-state index in [1.54, 1.807) is 24.3 Å². The highest BCUT2D eigenvalue weighted by molar-refractivity contribution is 6.58. The van der Waals surface area contributed by atoms with Crippen LogP contribution in [0.3, 0.4) is 0 Å². The molecule has 120 valence electrons. The Morgan fingerprint density at radius 2 is 1.14 bits per heavy atom. The van der Waals surface area contributed by atoms with Crippen LogP contribution in [0.4, 0.5) is 0 Å². The van der Waals surface area contributed by atoms with Crippen molar-refractivity contribution in [3.05, 3.63) is 30.3 Å². The van der Waals surface area contributed by atoms with Crippen molar-refractivity contribution in [1.82, 2.24) is 0 Å². The molecule has 0 aliphatic heterocycles. The van der Waals surface area contributed by atoms with Crippen LogP contribution < -0.4 is 5.46 Å². The summed E-state index contributed by atoms with van der Waals surface area (Å²) in [5.41, 5.74) is 0.525. The molecule has 0 radical (unpaired) electrons. The monoisotopic (exact) mass is 304 g/mol. The second-order valence-electron chi connectivity index (χ2n) is 4.27. The maximum Gasteiger partial charge on any atom is 0.488 e. The number of aliphatic hydroxyl groups is 6. The summed E-state index contributed by atoms with van der Waals surface area (Å²) >= 11 is 0. The van der Waals surface area contributed by atoms with Crippen LogP contribution in [0.15, 0.2) is 30.3 Å². The molecular weight excluding hydrogens is 283 g/mol. The van der Waals surface area contributed by atoms with E-state index in [4.69, 9.17) is 40.7 Å². The summed E-state index contributed by atoms with van der Waals surface area (Å²) in [6, 6.07) is 8.66. The van der Waals surface area contributed by atoms with Crippen molar-refractivity contribution < 1.29 is 40.7 Å². The summed E-state index contributed by atoms with van der Waals surface area (Å²) in [5.74, 6) is 0. The Balaban J connectivity index is 0.000000394. The first-order valence-corrected chi connectivity index (χ1v) is 6.20. The molecule has 0 aliphatic rings. The van der Waals surface area contributed by atoms with Gasteiger partial charge in [-0.1, -0.05) is 30.3 Å². The number of rotatable bonds is 6. The van der Waals surface area contributed by atoms with Crippen molar-refractivity contribution in [2.75, 3.05) is 13.2 Å². The molecule has 1 rings (SSSR count). The molecule has 9 heteroatoms. The molecule has 8 nitrogen and oxygen atoms in total. The summed E-state index contributed by atoms with van der Waals surface area (Å²) < 4.78 is 0. The van der Waals surface area contributed by atoms with E-state index in [1.165, 1.54) is 0 Å². The molecular formula is C12H21BO8. The zero-order valence-corrected chi connectivity index (χ0v) is 11.3. The average Bonchev–Trinajstić information content (AvgIpc) is 2.53. The quantitative estimate of drug-likeness (QED) is 0.245. The maximum absolute atomic E-state index is 8.96. The SMILES string of the molecule is OB(O)c1ccccc1.OC[C@@H](O)[C@@H](O)[C@H](O)[C@H](O)CO. The number of hydrogen-bond donors (Lipinski definition) is 8. The third-order valence-electron chi connectivity index (χ3n) is 2.61. The zero-order valence-electron chi connectivity index (χ0n) is 11.3. The summed E-state index contributed by atoms with van der Waals surface area (Å²) in [7, 11) is -1.34. The second kappa shape index (κ2) is 10.7. The molecule has 0 aliphatic carbocycles. The van der Waals surface area contributed by atoms with Crippen LogP contribution >= 0.6 is 0 Å². The lowest BCUT2D eigenvalue weighted by Gasteiger charge is -2.24. The van der Waals surface area contributed by atoms with Gasteiger partial charge < -0.3 is 40.7 Å². The van der Waals surface area contributed by atoms with Gasteiger partial charge in [-0.2, -0.15) is 0 Å². The predicted octanol–water partition coefficient (Wildman–Crippen LogP) is -4.22. The average molecular weight is 304 g/mol. The highest BCUT2D eigenvalue weighted by Crippen LogP contribution is 2.04. The van der Waals surface area contributed by atoms with E-state index < -0.39 is 44.7 Å². The van der Waals surface area contributed by atoms with E-state index in [1.807, 2.05) is 6.07 Å². The van der Waals surface area contributed by atoms with Gasteiger partial charge in [0.15, 0.2) is 0 Å². The van der Waals surface area contributed by atoms with Gasteiger partial charge in [-0.25, -0.2) is 0 Å². The van der Waals surface area contributed by atoms with E-state index in [2.05, 4.69) is 0 Å². The summed E-state index contributed by atoms with van der Waals surface area (Å²) in [4.78, 5) is 0. The van der Waals surface area contributed by atoms with Gasteiger partial charge in [0.2, 0.25) is 0 Å². The van der Waals surface area contributed by atoms with Crippen LogP contribution in [0, 0.1) is 0 Å². The minimum Gasteiger partial charge on any atom is -0.423 e. The van der Waals surface area contributed by atoms with E-state index in [0.29, 0.717) is 5.46 Å². The molecule has 0 bridgehead atoms. The minimum atomic E-state index is -1.67. The Morgan fingerprint density at radius 1 is 0.762 bits per heavy atom. The fourth-order valence-corrected chi connectivity index (χ4v) is 1.30. The molecule has 1 aromatic rings. The van der Waals surface area contributed by atoms with Crippen LogP contribution in [-0.4, -0.2) is 85.4 Å². The molecule has 0 fully saturated rings. The smallest absolute Gasteiger partial charge is 0.423 e. The molecule has 0 amide bonds. The second-order valence-corrected chi connectivity index (χ2v) is 4.27. The minimum absolute atomic E-state index is 0.525. The molecule has 0 heterocycles. The van der Waals surface area contributed by atoms with Crippen molar-refractivity contribution in [2.24, 2.45) is 0 Å². The van der Waals surface area contributed by atoms with Gasteiger partial charge in [0.25, 0.3) is 0 Å². The normalized spacial score (nSPS) is 16.2. The Hall–Kier alpha value is -1.04. The first-order chi connectivity index (χ1) is 9.84. The van der Waals surface area contributed by atoms with E-state index >= 15 is 0 Å². The summed E-state index contributed by atoms with van der Waals surface area (Å²) in [6.45, 7) is -1.45. The first-order valence-electron chi connectivity index (χ1n) is 6.20. The van der Waals surface area contributed by atoms with Gasteiger partial charge in [0, 0.05) is 0 Å². The van der Waals surface area contributed by atoms with Gasteiger partial charge in [-0.3, -0.25) is 0 Å². The number of hydrogen-bond acceptors (Lipinski definition) is 8. The van der Waals surface area contributed by atoms with Crippen LogP contribution in [-0.2, 0) is 0 Å². The summed E-state index contributed by atoms with van der Waals surface area (Å²) in [5, 5.41) is 69.3. The Kier molecular flexibility index (Phi) is 10.1. The zero-order chi connectivity index (χ0) is 16.4. The van der Waals surface area contributed by atoms with Crippen LogP contribution in [0.5, 0.6) is 0 Å². The first kappa shape index (κ1) is 20.0. The Morgan fingerprint density at radius 3 is 1.38 bits per heavy atom. The third kappa shape index (κ3) is 7.51. The molecule has 8 N–H and O–H groups in total. The Labute approximate surface area is 122 Å². The summed E-state index contributed by atoms with van der Waals surface area (Å²) in [6.07, 6.45) is -6.39. The van der Waals surface area contributed by atoms with Gasteiger partial charge in [0.05, 0.1) is 13.2 Å². The topological polar surface area (TPSA) is 162 Å². The van der Waals surface area contributed by atoms with Crippen LogP contribution in [0.25, 0.3) is 0 Å². The standard InChI is InChI=1S/C6H7BO2.C6H14O6/c8-7(9)6-4-2-1-3-5-6;7-1-3(9)5(11)6(12)4(10)2-8/h1-5,8-9H;3-12H,1-2H2/t;3-,4-,5-,6-/m.1/s1. The molecule has 0 saturated heterocycles. The lowest BCUT2D eigenvalue weighted by Crippen LogP contribution is -2.46. The highest BCUT2D eigenvalue weighted by atomic mass is 16.4. The maximum atomic E-state index is 8.96. The van der Waals surface area contributed by atoms with Gasteiger partial charge in [0.1, 0.15) is 24.4 Å². The highest BCUT2D eigenvalue weighted by Gasteiger charge is 2.29. The lowest BCUT2D eigenvalue weighted by atomic mass is 9.81. The van der Waals surface area contributed by atoms with Crippen molar-refractivity contribution in [1.29, 1.82) is 0 Å². The molecule has 0 unspecified atom stereocenters. The number of aliphatic hydroxyl groups excluding tert-OH is 6. The Bertz CT molecular complexity index is 350. The third-order valence-corrected chi connectivity index (χ3v) is 2.61. The fraction of sp³-hybridized carbons (Fsp3) is 0.500.